The molecule has 22 heavy (non-hydrogen) atoms. The zero-order valence-electron chi connectivity index (χ0n) is 12.9. The summed E-state index contributed by atoms with van der Waals surface area (Å²) in [6.07, 6.45) is 2.27. The highest BCUT2D eigenvalue weighted by Gasteiger charge is 2.24. The highest BCUT2D eigenvalue weighted by Crippen LogP contribution is 2.38. The fourth-order valence-corrected chi connectivity index (χ4v) is 3.04. The summed E-state index contributed by atoms with van der Waals surface area (Å²) in [5, 5.41) is 2.87. The topological polar surface area (TPSA) is 70.8 Å². The largest absolute Gasteiger partial charge is 0.479 e. The number of amides is 1. The molecule has 120 valence electrons. The molecule has 0 bridgehead atoms. The Kier molecular flexibility index (Phi) is 4.80. The molecule has 0 aliphatic carbocycles. The van der Waals surface area contributed by atoms with Gasteiger partial charge in [-0.05, 0) is 38.1 Å². The number of unbranched alkanes of at least 4 members (excludes halogenated alkanes) is 1. The van der Waals surface area contributed by atoms with Crippen LogP contribution in [0.2, 0.25) is 0 Å². The lowest BCUT2D eigenvalue weighted by Crippen LogP contribution is -2.47. The van der Waals surface area contributed by atoms with Crippen molar-refractivity contribution >= 4 is 17.3 Å². The SMILES string of the molecule is NCCCCN1CCN(c2cccc3c2OCC(=O)N3)CC1. The van der Waals surface area contributed by atoms with E-state index in [9.17, 15) is 4.79 Å². The lowest BCUT2D eigenvalue weighted by Gasteiger charge is -2.37. The third-order valence-corrected chi connectivity index (χ3v) is 4.26. The molecule has 0 atom stereocenters. The third-order valence-electron chi connectivity index (χ3n) is 4.26. The van der Waals surface area contributed by atoms with Crippen LogP contribution >= 0.6 is 0 Å². The summed E-state index contributed by atoms with van der Waals surface area (Å²) in [6.45, 7) is 6.08. The van der Waals surface area contributed by atoms with Crippen LogP contribution in [-0.4, -0.2) is 56.7 Å². The number of rotatable bonds is 5. The number of carbonyl (C=O) groups is 1. The van der Waals surface area contributed by atoms with Crippen LogP contribution in [0.5, 0.6) is 5.75 Å². The van der Waals surface area contributed by atoms with Crippen molar-refractivity contribution in [3.05, 3.63) is 18.2 Å². The van der Waals surface area contributed by atoms with Crippen molar-refractivity contribution in [2.24, 2.45) is 5.73 Å². The predicted molar refractivity (Wildman–Crippen MR) is 87.5 cm³/mol. The molecule has 2 aliphatic heterocycles. The number of carbonyl (C=O) groups excluding carboxylic acids is 1. The monoisotopic (exact) mass is 304 g/mol. The molecule has 6 nitrogen and oxygen atoms in total. The third kappa shape index (κ3) is 3.34. The first-order valence-corrected chi connectivity index (χ1v) is 8.01. The Bertz CT molecular complexity index is 527. The normalized spacial score (nSPS) is 18.6. The first kappa shape index (κ1) is 15.1. The first-order valence-electron chi connectivity index (χ1n) is 8.01. The van der Waals surface area contributed by atoms with Gasteiger partial charge >= 0.3 is 0 Å². The molecule has 1 fully saturated rings. The zero-order valence-corrected chi connectivity index (χ0v) is 12.9. The van der Waals surface area contributed by atoms with E-state index in [1.807, 2.05) is 12.1 Å². The van der Waals surface area contributed by atoms with Crippen LogP contribution in [0.1, 0.15) is 12.8 Å². The highest BCUT2D eigenvalue weighted by molar-refractivity contribution is 5.97. The van der Waals surface area contributed by atoms with Gasteiger partial charge in [0.25, 0.3) is 5.91 Å². The Morgan fingerprint density at radius 3 is 2.77 bits per heavy atom. The number of anilines is 2. The molecule has 0 aromatic heterocycles. The summed E-state index contributed by atoms with van der Waals surface area (Å²) in [5.41, 5.74) is 7.41. The van der Waals surface area contributed by atoms with E-state index in [2.05, 4.69) is 21.2 Å². The van der Waals surface area contributed by atoms with Gasteiger partial charge in [-0.3, -0.25) is 9.69 Å². The van der Waals surface area contributed by atoms with E-state index < -0.39 is 0 Å². The standard InChI is InChI=1S/C16H24N4O2/c17-6-1-2-7-19-8-10-20(11-9-19)14-5-3-4-13-16(14)22-12-15(21)18-13/h3-5H,1-2,6-12,17H2,(H,18,21). The Morgan fingerprint density at radius 1 is 1.18 bits per heavy atom. The smallest absolute Gasteiger partial charge is 0.262 e. The molecule has 0 unspecified atom stereocenters. The van der Waals surface area contributed by atoms with Gasteiger partial charge in [0, 0.05) is 26.2 Å². The number of para-hydroxylation sites is 1. The molecule has 1 saturated heterocycles. The number of nitrogens with zero attached hydrogens (tertiary/aromatic N) is 2. The zero-order chi connectivity index (χ0) is 15.4. The molecule has 1 amide bonds. The van der Waals surface area contributed by atoms with Crippen molar-refractivity contribution in [1.82, 2.24) is 4.90 Å². The Hall–Kier alpha value is -1.79. The van der Waals surface area contributed by atoms with E-state index >= 15 is 0 Å². The van der Waals surface area contributed by atoms with E-state index in [1.54, 1.807) is 0 Å². The van der Waals surface area contributed by atoms with Gasteiger partial charge in [-0.1, -0.05) is 6.07 Å². The summed E-state index contributed by atoms with van der Waals surface area (Å²) in [5.74, 6) is 0.716. The van der Waals surface area contributed by atoms with Gasteiger partial charge in [0.15, 0.2) is 12.4 Å². The molecule has 1 aromatic carbocycles. The van der Waals surface area contributed by atoms with Crippen LogP contribution in [0.4, 0.5) is 11.4 Å². The van der Waals surface area contributed by atoms with Crippen molar-refractivity contribution in [1.29, 1.82) is 0 Å². The average Bonchev–Trinajstić information content (AvgIpc) is 2.55. The van der Waals surface area contributed by atoms with E-state index in [0.717, 1.165) is 62.8 Å². The molecule has 0 saturated carbocycles. The molecular weight excluding hydrogens is 280 g/mol. The maximum Gasteiger partial charge on any atom is 0.262 e. The van der Waals surface area contributed by atoms with E-state index in [0.29, 0.717) is 0 Å². The number of benzene rings is 1. The minimum atomic E-state index is -0.0885. The van der Waals surface area contributed by atoms with Crippen molar-refractivity contribution in [3.8, 4) is 5.75 Å². The van der Waals surface area contributed by atoms with Gasteiger partial charge in [0.2, 0.25) is 0 Å². The number of fused-ring (bicyclic) bond motifs is 1. The number of hydrogen-bond donors (Lipinski definition) is 2. The second kappa shape index (κ2) is 6.98. The van der Waals surface area contributed by atoms with Gasteiger partial charge in [-0.15, -0.1) is 0 Å². The van der Waals surface area contributed by atoms with Crippen LogP contribution in [-0.2, 0) is 4.79 Å². The lowest BCUT2D eigenvalue weighted by atomic mass is 10.2. The van der Waals surface area contributed by atoms with E-state index in [-0.39, 0.29) is 12.5 Å². The van der Waals surface area contributed by atoms with Crippen molar-refractivity contribution in [3.63, 3.8) is 0 Å². The highest BCUT2D eigenvalue weighted by atomic mass is 16.5. The van der Waals surface area contributed by atoms with Crippen LogP contribution in [0.3, 0.4) is 0 Å². The first-order chi connectivity index (χ1) is 10.8. The lowest BCUT2D eigenvalue weighted by molar-refractivity contribution is -0.118. The minimum absolute atomic E-state index is 0.0885. The van der Waals surface area contributed by atoms with Gasteiger partial charge < -0.3 is 20.7 Å². The van der Waals surface area contributed by atoms with Gasteiger partial charge in [0.1, 0.15) is 0 Å². The summed E-state index contributed by atoms with van der Waals surface area (Å²) >= 11 is 0. The van der Waals surface area contributed by atoms with Crippen LogP contribution in [0, 0.1) is 0 Å². The number of ether oxygens (including phenoxy) is 1. The van der Waals surface area contributed by atoms with Gasteiger partial charge in [-0.2, -0.15) is 0 Å². The van der Waals surface area contributed by atoms with Crippen molar-refractivity contribution < 1.29 is 9.53 Å². The summed E-state index contributed by atoms with van der Waals surface area (Å²) in [6, 6.07) is 5.93. The second-order valence-electron chi connectivity index (χ2n) is 5.82. The second-order valence-corrected chi connectivity index (χ2v) is 5.82. The number of nitrogens with two attached hydrogens (primary N) is 1. The predicted octanol–water partition coefficient (Wildman–Crippen LogP) is 0.878. The van der Waals surface area contributed by atoms with Crippen LogP contribution in [0.15, 0.2) is 18.2 Å². The molecule has 3 rings (SSSR count). The average molecular weight is 304 g/mol. The fraction of sp³-hybridized carbons (Fsp3) is 0.562. The molecule has 2 heterocycles. The molecule has 0 spiro atoms. The molecule has 6 heteroatoms. The van der Waals surface area contributed by atoms with Crippen molar-refractivity contribution in [2.75, 3.05) is 56.1 Å². The number of hydrogen-bond acceptors (Lipinski definition) is 5. The molecule has 1 aromatic rings. The number of piperazine rings is 1. The molecule has 2 aliphatic rings. The maximum absolute atomic E-state index is 11.4. The van der Waals surface area contributed by atoms with E-state index in [4.69, 9.17) is 10.5 Å². The Balaban J connectivity index is 1.62. The quantitative estimate of drug-likeness (QED) is 0.790. The van der Waals surface area contributed by atoms with E-state index in [1.165, 1.54) is 6.42 Å². The van der Waals surface area contributed by atoms with Crippen molar-refractivity contribution in [2.45, 2.75) is 12.8 Å². The minimum Gasteiger partial charge on any atom is -0.479 e. The molecule has 0 radical (unpaired) electrons. The Labute approximate surface area is 131 Å². The van der Waals surface area contributed by atoms with Gasteiger partial charge in [-0.25, -0.2) is 0 Å². The number of nitrogens with one attached hydrogen (secondary N) is 1. The summed E-state index contributed by atoms with van der Waals surface area (Å²) in [7, 11) is 0. The van der Waals surface area contributed by atoms with Crippen LogP contribution < -0.4 is 20.7 Å². The Morgan fingerprint density at radius 2 is 2.00 bits per heavy atom. The maximum atomic E-state index is 11.4. The summed E-state index contributed by atoms with van der Waals surface area (Å²) < 4.78 is 5.65. The molecule has 3 N–H and O–H groups in total. The van der Waals surface area contributed by atoms with Crippen LogP contribution in [0.25, 0.3) is 0 Å². The fourth-order valence-electron chi connectivity index (χ4n) is 3.04. The molecular formula is C16H24N4O2. The summed E-state index contributed by atoms with van der Waals surface area (Å²) in [4.78, 5) is 16.2. The van der Waals surface area contributed by atoms with Gasteiger partial charge in [0.05, 0.1) is 11.4 Å².